The van der Waals surface area contributed by atoms with E-state index in [2.05, 4.69) is 64.8 Å². The predicted octanol–water partition coefficient (Wildman–Crippen LogP) is 4.58. The lowest BCUT2D eigenvalue weighted by Gasteiger charge is -2.06. The number of fused-ring (bicyclic) bond motifs is 1. The molecule has 0 amide bonds. The van der Waals surface area contributed by atoms with E-state index >= 15 is 0 Å². The first-order chi connectivity index (χ1) is 9.76. The Morgan fingerprint density at radius 2 is 1.95 bits per heavy atom. The molecule has 0 aliphatic heterocycles. The minimum absolute atomic E-state index is 0.706. The zero-order chi connectivity index (χ0) is 13.9. The molecule has 20 heavy (non-hydrogen) atoms. The molecule has 0 unspecified atom stereocenters. The number of anilines is 1. The van der Waals surface area contributed by atoms with Gasteiger partial charge in [0.25, 0.3) is 0 Å². The molecule has 0 radical (unpaired) electrons. The van der Waals surface area contributed by atoms with Gasteiger partial charge in [-0.3, -0.25) is 0 Å². The highest BCUT2D eigenvalue weighted by Gasteiger charge is 2.10. The van der Waals surface area contributed by atoms with Crippen LogP contribution in [0.25, 0.3) is 10.2 Å². The van der Waals surface area contributed by atoms with Gasteiger partial charge in [-0.1, -0.05) is 29.5 Å². The smallest absolute Gasteiger partial charge is 0.225 e. The Morgan fingerprint density at radius 1 is 1.15 bits per heavy atom. The lowest BCUT2D eigenvalue weighted by atomic mass is 10.2. The van der Waals surface area contributed by atoms with Crippen molar-refractivity contribution in [3.05, 3.63) is 41.3 Å². The van der Waals surface area contributed by atoms with E-state index in [1.807, 2.05) is 0 Å². The van der Waals surface area contributed by atoms with E-state index in [-0.39, 0.29) is 0 Å². The summed E-state index contributed by atoms with van der Waals surface area (Å²) in [5.74, 6) is 0.706. The zero-order valence-corrected chi connectivity index (χ0v) is 13.0. The quantitative estimate of drug-likeness (QED) is 0.716. The topological polar surface area (TPSA) is 37.8 Å². The van der Waals surface area contributed by atoms with Gasteiger partial charge in [-0.25, -0.2) is 9.97 Å². The Bertz CT molecular complexity index is 720. The van der Waals surface area contributed by atoms with Crippen LogP contribution in [0.15, 0.2) is 45.6 Å². The van der Waals surface area contributed by atoms with Crippen molar-refractivity contribution in [3.8, 4) is 0 Å². The van der Waals surface area contributed by atoms with Crippen LogP contribution in [0.2, 0.25) is 0 Å². The summed E-state index contributed by atoms with van der Waals surface area (Å²) in [6, 6.07) is 10.6. The molecule has 0 saturated carbocycles. The highest BCUT2D eigenvalue weighted by Crippen LogP contribution is 2.34. The van der Waals surface area contributed by atoms with Gasteiger partial charge in [0.1, 0.15) is 9.86 Å². The Balaban J connectivity index is 2.00. The van der Waals surface area contributed by atoms with Crippen LogP contribution in [0, 0.1) is 6.92 Å². The standard InChI is InChI=1S/C15H15N3S2/c1-3-16-15-17-13-12(8-9-19-13)14(18-15)20-11-6-4-10(2)5-7-11/h4-9H,3H2,1-2H3,(H,16,17,18). The maximum absolute atomic E-state index is 4.63. The maximum Gasteiger partial charge on any atom is 0.225 e. The Morgan fingerprint density at radius 3 is 2.70 bits per heavy atom. The fraction of sp³-hybridized carbons (Fsp3) is 0.200. The van der Waals surface area contributed by atoms with Crippen LogP contribution in [0.3, 0.4) is 0 Å². The summed E-state index contributed by atoms with van der Waals surface area (Å²) in [5, 5.41) is 7.40. The molecule has 5 heteroatoms. The van der Waals surface area contributed by atoms with Gasteiger partial charge in [0.05, 0.1) is 0 Å². The first-order valence-electron chi connectivity index (χ1n) is 6.50. The van der Waals surface area contributed by atoms with Crippen molar-refractivity contribution < 1.29 is 0 Å². The molecule has 0 aliphatic rings. The van der Waals surface area contributed by atoms with Gasteiger partial charge < -0.3 is 5.32 Å². The van der Waals surface area contributed by atoms with E-state index in [9.17, 15) is 0 Å². The number of rotatable bonds is 4. The molecule has 0 fully saturated rings. The van der Waals surface area contributed by atoms with Crippen molar-refractivity contribution in [3.63, 3.8) is 0 Å². The molecule has 2 heterocycles. The Hall–Kier alpha value is -1.59. The summed E-state index contributed by atoms with van der Waals surface area (Å²) in [4.78, 5) is 11.4. The molecule has 1 N–H and O–H groups in total. The first kappa shape index (κ1) is 13.4. The Kier molecular flexibility index (Phi) is 3.89. The number of hydrogen-bond acceptors (Lipinski definition) is 5. The van der Waals surface area contributed by atoms with E-state index < -0.39 is 0 Å². The summed E-state index contributed by atoms with van der Waals surface area (Å²) >= 11 is 3.34. The molecule has 0 bridgehead atoms. The predicted molar refractivity (Wildman–Crippen MR) is 86.9 cm³/mol. The molecule has 2 aromatic heterocycles. The number of aromatic nitrogens is 2. The lowest BCUT2D eigenvalue weighted by molar-refractivity contribution is 1.06. The first-order valence-corrected chi connectivity index (χ1v) is 8.19. The fourth-order valence-electron chi connectivity index (χ4n) is 1.86. The number of aryl methyl sites for hydroxylation is 1. The summed E-state index contributed by atoms with van der Waals surface area (Å²) in [6.07, 6.45) is 0. The second-order valence-electron chi connectivity index (χ2n) is 4.44. The van der Waals surface area contributed by atoms with E-state index in [0.717, 1.165) is 21.8 Å². The van der Waals surface area contributed by atoms with Gasteiger partial charge in [-0.2, -0.15) is 0 Å². The third-order valence-electron chi connectivity index (χ3n) is 2.86. The van der Waals surface area contributed by atoms with Crippen LogP contribution in [0.5, 0.6) is 0 Å². The monoisotopic (exact) mass is 301 g/mol. The largest absolute Gasteiger partial charge is 0.354 e. The third-order valence-corrected chi connectivity index (χ3v) is 4.68. The normalized spacial score (nSPS) is 10.9. The van der Waals surface area contributed by atoms with Crippen molar-refractivity contribution in [2.75, 3.05) is 11.9 Å². The molecular formula is C15H15N3S2. The maximum atomic E-state index is 4.63. The zero-order valence-electron chi connectivity index (χ0n) is 11.4. The minimum atomic E-state index is 0.706. The molecular weight excluding hydrogens is 286 g/mol. The summed E-state index contributed by atoms with van der Waals surface area (Å²) in [5.41, 5.74) is 1.27. The van der Waals surface area contributed by atoms with E-state index in [0.29, 0.717) is 5.95 Å². The van der Waals surface area contributed by atoms with E-state index in [1.165, 1.54) is 10.5 Å². The van der Waals surface area contributed by atoms with Gasteiger partial charge in [-0.15, -0.1) is 11.3 Å². The molecule has 3 aromatic rings. The molecule has 1 aromatic carbocycles. The molecule has 0 saturated heterocycles. The summed E-state index contributed by atoms with van der Waals surface area (Å²) < 4.78 is 0. The number of nitrogens with one attached hydrogen (secondary N) is 1. The summed E-state index contributed by atoms with van der Waals surface area (Å²) in [7, 11) is 0. The molecule has 0 aliphatic carbocycles. The lowest BCUT2D eigenvalue weighted by Crippen LogP contribution is -2.02. The number of benzene rings is 1. The highest BCUT2D eigenvalue weighted by molar-refractivity contribution is 7.99. The van der Waals surface area contributed by atoms with Gasteiger partial charge in [0, 0.05) is 16.8 Å². The highest BCUT2D eigenvalue weighted by atomic mass is 32.2. The summed E-state index contributed by atoms with van der Waals surface area (Å²) in [6.45, 7) is 4.97. The molecule has 3 rings (SSSR count). The number of thiophene rings is 1. The van der Waals surface area contributed by atoms with Crippen molar-refractivity contribution in [1.82, 2.24) is 9.97 Å². The van der Waals surface area contributed by atoms with Crippen molar-refractivity contribution in [1.29, 1.82) is 0 Å². The van der Waals surface area contributed by atoms with Gasteiger partial charge >= 0.3 is 0 Å². The van der Waals surface area contributed by atoms with Gasteiger partial charge in [-0.05, 0) is 37.4 Å². The van der Waals surface area contributed by atoms with Crippen LogP contribution < -0.4 is 5.32 Å². The Labute approximate surface area is 126 Å². The average molecular weight is 301 g/mol. The van der Waals surface area contributed by atoms with Crippen LogP contribution in [0.1, 0.15) is 12.5 Å². The third kappa shape index (κ3) is 2.78. The fourth-order valence-corrected chi connectivity index (χ4v) is 3.59. The number of hydrogen-bond donors (Lipinski definition) is 1. The van der Waals surface area contributed by atoms with Crippen LogP contribution in [0.4, 0.5) is 5.95 Å². The molecule has 3 nitrogen and oxygen atoms in total. The molecule has 0 atom stereocenters. The van der Waals surface area contributed by atoms with Gasteiger partial charge in [0.2, 0.25) is 5.95 Å². The molecule has 0 spiro atoms. The van der Waals surface area contributed by atoms with Crippen LogP contribution >= 0.6 is 23.1 Å². The molecule has 102 valence electrons. The van der Waals surface area contributed by atoms with Crippen molar-refractivity contribution in [2.24, 2.45) is 0 Å². The van der Waals surface area contributed by atoms with E-state index in [4.69, 9.17) is 0 Å². The van der Waals surface area contributed by atoms with E-state index in [1.54, 1.807) is 23.1 Å². The van der Waals surface area contributed by atoms with Gasteiger partial charge in [0.15, 0.2) is 0 Å². The van der Waals surface area contributed by atoms with Crippen molar-refractivity contribution >= 4 is 39.3 Å². The average Bonchev–Trinajstić information content (AvgIpc) is 2.90. The second kappa shape index (κ2) is 5.81. The van der Waals surface area contributed by atoms with Crippen molar-refractivity contribution in [2.45, 2.75) is 23.8 Å². The minimum Gasteiger partial charge on any atom is -0.354 e. The van der Waals surface area contributed by atoms with Crippen LogP contribution in [-0.4, -0.2) is 16.5 Å². The number of nitrogens with zero attached hydrogens (tertiary/aromatic N) is 2. The van der Waals surface area contributed by atoms with Crippen LogP contribution in [-0.2, 0) is 0 Å². The second-order valence-corrected chi connectivity index (χ2v) is 6.39. The SMILES string of the molecule is CCNc1nc(Sc2ccc(C)cc2)c2ccsc2n1.